The van der Waals surface area contributed by atoms with Crippen LogP contribution in [-0.2, 0) is 9.53 Å². The zero-order chi connectivity index (χ0) is 13.6. The van der Waals surface area contributed by atoms with Crippen LogP contribution in [0.2, 0.25) is 0 Å². The van der Waals surface area contributed by atoms with Crippen LogP contribution < -0.4 is 0 Å². The fourth-order valence-corrected chi connectivity index (χ4v) is 1.44. The highest BCUT2D eigenvalue weighted by atomic mass is 16.6. The topological polar surface area (TPSA) is 89.7 Å². The number of ether oxygens (including phenoxy) is 1. The van der Waals surface area contributed by atoms with Crippen molar-refractivity contribution in [1.29, 1.82) is 0 Å². The average Bonchev–Trinajstić information content (AvgIpc) is 2.10. The van der Waals surface area contributed by atoms with Crippen molar-refractivity contribution in [1.82, 2.24) is 0 Å². The number of nitro groups is 1. The lowest BCUT2D eigenvalue weighted by Gasteiger charge is -2.23. The van der Waals surface area contributed by atoms with Gasteiger partial charge in [0, 0.05) is 5.57 Å². The van der Waals surface area contributed by atoms with E-state index in [1.165, 1.54) is 6.92 Å². The second kappa shape index (κ2) is 6.34. The summed E-state index contributed by atoms with van der Waals surface area (Å²) >= 11 is 0. The SMILES string of the molecule is CC/C(=C\[N+](=O)[O-])C(C)(O)CC(=O)OC(C)C. The Bertz CT molecular complexity index is 320. The summed E-state index contributed by atoms with van der Waals surface area (Å²) in [5, 5.41) is 20.4. The molecular weight excluding hydrogens is 226 g/mol. The molecule has 0 saturated heterocycles. The van der Waals surface area contributed by atoms with Crippen LogP contribution in [0, 0.1) is 10.1 Å². The summed E-state index contributed by atoms with van der Waals surface area (Å²) in [5.41, 5.74) is -1.35. The van der Waals surface area contributed by atoms with Gasteiger partial charge >= 0.3 is 5.97 Å². The molecule has 0 aliphatic rings. The summed E-state index contributed by atoms with van der Waals surface area (Å²) in [6, 6.07) is 0. The lowest BCUT2D eigenvalue weighted by Crippen LogP contribution is -2.32. The number of esters is 1. The van der Waals surface area contributed by atoms with Gasteiger partial charge in [0.05, 0.1) is 23.0 Å². The van der Waals surface area contributed by atoms with Crippen molar-refractivity contribution in [3.63, 3.8) is 0 Å². The second-order valence-electron chi connectivity index (χ2n) is 4.28. The Morgan fingerprint density at radius 2 is 2.12 bits per heavy atom. The van der Waals surface area contributed by atoms with E-state index in [-0.39, 0.29) is 18.1 Å². The lowest BCUT2D eigenvalue weighted by atomic mass is 9.91. The summed E-state index contributed by atoms with van der Waals surface area (Å²) in [6.45, 7) is 6.44. The maximum Gasteiger partial charge on any atom is 0.309 e. The van der Waals surface area contributed by atoms with Gasteiger partial charge in [0.2, 0.25) is 6.20 Å². The molecule has 6 nitrogen and oxygen atoms in total. The number of carbonyl (C=O) groups excluding carboxylic acids is 1. The molecule has 0 saturated carbocycles. The van der Waals surface area contributed by atoms with Crippen LogP contribution in [0.4, 0.5) is 0 Å². The Morgan fingerprint density at radius 3 is 2.47 bits per heavy atom. The second-order valence-corrected chi connectivity index (χ2v) is 4.28. The predicted molar refractivity (Wildman–Crippen MR) is 61.8 cm³/mol. The quantitative estimate of drug-likeness (QED) is 0.436. The molecular formula is C11H19NO5. The smallest absolute Gasteiger partial charge is 0.309 e. The molecule has 0 aromatic heterocycles. The maximum atomic E-state index is 11.4. The van der Waals surface area contributed by atoms with Gasteiger partial charge in [-0.05, 0) is 27.2 Å². The minimum atomic E-state index is -1.55. The number of nitrogens with zero attached hydrogens (tertiary/aromatic N) is 1. The number of rotatable bonds is 6. The first-order valence-corrected chi connectivity index (χ1v) is 5.45. The van der Waals surface area contributed by atoms with E-state index in [0.717, 1.165) is 6.20 Å². The third-order valence-corrected chi connectivity index (χ3v) is 2.19. The van der Waals surface area contributed by atoms with Gasteiger partial charge in [-0.25, -0.2) is 0 Å². The van der Waals surface area contributed by atoms with E-state index in [9.17, 15) is 20.0 Å². The zero-order valence-electron chi connectivity index (χ0n) is 10.6. The third-order valence-electron chi connectivity index (χ3n) is 2.19. The Kier molecular flexibility index (Phi) is 5.81. The van der Waals surface area contributed by atoms with Gasteiger partial charge in [0.25, 0.3) is 0 Å². The van der Waals surface area contributed by atoms with Crippen molar-refractivity contribution in [3.8, 4) is 0 Å². The highest BCUT2D eigenvalue weighted by Gasteiger charge is 2.31. The van der Waals surface area contributed by atoms with Crippen molar-refractivity contribution in [3.05, 3.63) is 21.9 Å². The Balaban J connectivity index is 4.75. The molecule has 0 rings (SSSR count). The van der Waals surface area contributed by atoms with Gasteiger partial charge in [0.15, 0.2) is 0 Å². The van der Waals surface area contributed by atoms with Gasteiger partial charge in [-0.1, -0.05) is 6.92 Å². The molecule has 0 spiro atoms. The molecule has 0 radical (unpaired) electrons. The van der Waals surface area contributed by atoms with Crippen LogP contribution in [0.3, 0.4) is 0 Å². The fourth-order valence-electron chi connectivity index (χ4n) is 1.44. The molecule has 1 atom stereocenters. The molecule has 0 bridgehead atoms. The van der Waals surface area contributed by atoms with E-state index in [1.54, 1.807) is 20.8 Å². The van der Waals surface area contributed by atoms with Crippen LogP contribution in [-0.4, -0.2) is 27.7 Å². The van der Waals surface area contributed by atoms with Gasteiger partial charge in [-0.15, -0.1) is 0 Å². The molecule has 98 valence electrons. The van der Waals surface area contributed by atoms with Crippen LogP contribution in [0.5, 0.6) is 0 Å². The molecule has 1 unspecified atom stereocenters. The third kappa shape index (κ3) is 6.01. The minimum Gasteiger partial charge on any atom is -0.463 e. The molecule has 0 fully saturated rings. The van der Waals surface area contributed by atoms with Crippen molar-refractivity contribution in [2.24, 2.45) is 0 Å². The molecule has 1 N–H and O–H groups in total. The molecule has 0 aromatic carbocycles. The van der Waals surface area contributed by atoms with Gasteiger partial charge in [0.1, 0.15) is 0 Å². The first-order chi connectivity index (χ1) is 7.69. The van der Waals surface area contributed by atoms with E-state index < -0.39 is 16.5 Å². The highest BCUT2D eigenvalue weighted by molar-refractivity contribution is 5.71. The van der Waals surface area contributed by atoms with Crippen LogP contribution in [0.15, 0.2) is 11.8 Å². The average molecular weight is 245 g/mol. The first kappa shape index (κ1) is 15.6. The molecule has 0 heterocycles. The maximum absolute atomic E-state index is 11.4. The Morgan fingerprint density at radius 1 is 1.59 bits per heavy atom. The molecule has 0 amide bonds. The monoisotopic (exact) mass is 245 g/mol. The minimum absolute atomic E-state index is 0.197. The van der Waals surface area contributed by atoms with E-state index in [1.807, 2.05) is 0 Å². The molecule has 6 heteroatoms. The van der Waals surface area contributed by atoms with E-state index in [2.05, 4.69) is 0 Å². The van der Waals surface area contributed by atoms with Crippen molar-refractivity contribution in [2.75, 3.05) is 0 Å². The van der Waals surface area contributed by atoms with Crippen LogP contribution >= 0.6 is 0 Å². The molecule has 0 aliphatic carbocycles. The van der Waals surface area contributed by atoms with Crippen LogP contribution in [0.25, 0.3) is 0 Å². The van der Waals surface area contributed by atoms with Crippen LogP contribution in [0.1, 0.15) is 40.5 Å². The molecule has 0 aliphatic heterocycles. The number of aliphatic hydroxyl groups is 1. The summed E-state index contributed by atoms with van der Waals surface area (Å²) in [7, 11) is 0. The normalized spacial score (nSPS) is 15.5. The number of hydrogen-bond acceptors (Lipinski definition) is 5. The zero-order valence-corrected chi connectivity index (χ0v) is 10.6. The van der Waals surface area contributed by atoms with E-state index >= 15 is 0 Å². The van der Waals surface area contributed by atoms with E-state index in [4.69, 9.17) is 4.74 Å². The molecule has 17 heavy (non-hydrogen) atoms. The van der Waals surface area contributed by atoms with Crippen molar-refractivity contribution < 1.29 is 19.6 Å². The Labute approximate surface area is 100 Å². The first-order valence-electron chi connectivity index (χ1n) is 5.45. The number of carbonyl (C=O) groups is 1. The summed E-state index contributed by atoms with van der Waals surface area (Å²) < 4.78 is 4.89. The lowest BCUT2D eigenvalue weighted by molar-refractivity contribution is -0.404. The van der Waals surface area contributed by atoms with Crippen molar-refractivity contribution >= 4 is 5.97 Å². The number of hydrogen-bond donors (Lipinski definition) is 1. The fraction of sp³-hybridized carbons (Fsp3) is 0.727. The predicted octanol–water partition coefficient (Wildman–Crippen LogP) is 1.65. The largest absolute Gasteiger partial charge is 0.463 e. The summed E-state index contributed by atoms with van der Waals surface area (Å²) in [5.74, 6) is -0.576. The van der Waals surface area contributed by atoms with E-state index in [0.29, 0.717) is 6.42 Å². The summed E-state index contributed by atoms with van der Waals surface area (Å²) in [4.78, 5) is 21.1. The summed E-state index contributed by atoms with van der Waals surface area (Å²) in [6.07, 6.45) is 0.465. The van der Waals surface area contributed by atoms with Crippen molar-refractivity contribution in [2.45, 2.75) is 52.2 Å². The van der Waals surface area contributed by atoms with Gasteiger partial charge in [-0.2, -0.15) is 0 Å². The molecule has 0 aromatic rings. The van der Waals surface area contributed by atoms with Gasteiger partial charge < -0.3 is 9.84 Å². The standard InChI is InChI=1S/C11H19NO5/c1-5-9(7-12(15)16)11(4,14)6-10(13)17-8(2)3/h7-8,14H,5-6H2,1-4H3/b9-7+. The van der Waals surface area contributed by atoms with Gasteiger partial charge in [-0.3, -0.25) is 14.9 Å². The Hall–Kier alpha value is -1.43. The highest BCUT2D eigenvalue weighted by Crippen LogP contribution is 2.24.